The lowest BCUT2D eigenvalue weighted by Crippen LogP contribution is -2.41. The van der Waals surface area contributed by atoms with Crippen LogP contribution in [0.4, 0.5) is 0 Å². The monoisotopic (exact) mass is 419 g/mol. The summed E-state index contributed by atoms with van der Waals surface area (Å²) in [6, 6.07) is 15.7. The third kappa shape index (κ3) is 6.32. The number of hydrogen-bond acceptors (Lipinski definition) is 2. The molecule has 0 radical (unpaired) electrons. The fourth-order valence-electron chi connectivity index (χ4n) is 2.66. The number of ether oxygens (including phenoxy) is 1. The Morgan fingerprint density at radius 2 is 1.80 bits per heavy atom. The second-order valence-corrected chi connectivity index (χ2v) is 7.49. The van der Waals surface area contributed by atoms with Gasteiger partial charge in [0.2, 0.25) is 0 Å². The lowest BCUT2D eigenvalue weighted by atomic mass is 10.1. The first-order valence-electron chi connectivity index (χ1n) is 7.97. The first-order valence-corrected chi connectivity index (χ1v) is 9.69. The fraction of sp³-hybridized carbons (Fsp3) is 0.368. The smallest absolute Gasteiger partial charge is 0.0726 e. The average Bonchev–Trinajstić information content (AvgIpc) is 2.60. The molecule has 6 heteroatoms. The molecule has 0 aromatic heterocycles. The molecule has 0 amide bonds. The van der Waals surface area contributed by atoms with E-state index in [1.165, 1.54) is 5.56 Å². The van der Waals surface area contributed by atoms with E-state index in [-0.39, 0.29) is 11.4 Å². The van der Waals surface area contributed by atoms with Crippen molar-refractivity contribution in [1.82, 2.24) is 4.90 Å². The van der Waals surface area contributed by atoms with Crippen LogP contribution in [0, 0.1) is 0 Å². The van der Waals surface area contributed by atoms with Gasteiger partial charge in [-0.3, -0.25) is 4.90 Å². The van der Waals surface area contributed by atoms with Gasteiger partial charge in [-0.05, 0) is 23.3 Å². The largest absolute Gasteiger partial charge is 0.383 e. The summed E-state index contributed by atoms with van der Waals surface area (Å²) in [4.78, 5) is 2.23. The Morgan fingerprint density at radius 1 is 1.08 bits per heavy atom. The van der Waals surface area contributed by atoms with E-state index in [0.717, 1.165) is 12.1 Å². The van der Waals surface area contributed by atoms with E-state index in [0.29, 0.717) is 29.1 Å². The molecule has 2 rings (SSSR count). The SMILES string of the molecule is COCC(CCl)N(Cc1ccccc1)CC(Cl)c1ccc(Cl)cc1Cl. The van der Waals surface area contributed by atoms with Crippen LogP contribution in [0.2, 0.25) is 10.0 Å². The van der Waals surface area contributed by atoms with Crippen LogP contribution in [0.25, 0.3) is 0 Å². The van der Waals surface area contributed by atoms with Crippen molar-refractivity contribution >= 4 is 46.4 Å². The topological polar surface area (TPSA) is 12.5 Å². The summed E-state index contributed by atoms with van der Waals surface area (Å²) in [5, 5.41) is 0.883. The Bertz CT molecular complexity index is 653. The maximum Gasteiger partial charge on any atom is 0.0726 e. The molecule has 25 heavy (non-hydrogen) atoms. The van der Waals surface area contributed by atoms with Gasteiger partial charge < -0.3 is 4.74 Å². The number of halogens is 4. The van der Waals surface area contributed by atoms with E-state index in [1.807, 2.05) is 24.3 Å². The molecule has 0 saturated heterocycles. The van der Waals surface area contributed by atoms with Crippen LogP contribution in [0.3, 0.4) is 0 Å². The van der Waals surface area contributed by atoms with E-state index in [9.17, 15) is 0 Å². The van der Waals surface area contributed by atoms with Crippen molar-refractivity contribution in [2.45, 2.75) is 18.0 Å². The molecule has 0 spiro atoms. The van der Waals surface area contributed by atoms with Crippen LogP contribution >= 0.6 is 46.4 Å². The molecule has 0 aliphatic heterocycles. The Hall–Kier alpha value is -0.480. The zero-order chi connectivity index (χ0) is 18.2. The first kappa shape index (κ1) is 20.8. The van der Waals surface area contributed by atoms with Crippen LogP contribution in [0.1, 0.15) is 16.5 Å². The molecule has 2 aromatic rings. The minimum absolute atomic E-state index is 0.0548. The van der Waals surface area contributed by atoms with Crippen LogP contribution in [0.15, 0.2) is 48.5 Å². The number of nitrogens with zero attached hydrogens (tertiary/aromatic N) is 1. The molecule has 0 aliphatic rings. The zero-order valence-corrected chi connectivity index (χ0v) is 17.0. The Labute approximate surface area is 169 Å². The highest BCUT2D eigenvalue weighted by Crippen LogP contribution is 2.31. The molecule has 2 atom stereocenters. The van der Waals surface area contributed by atoms with E-state index in [1.54, 1.807) is 19.2 Å². The molecule has 0 N–H and O–H groups in total. The average molecular weight is 421 g/mol. The van der Waals surface area contributed by atoms with Crippen LogP contribution in [0.5, 0.6) is 0 Å². The summed E-state index contributed by atoms with van der Waals surface area (Å²) >= 11 is 25.1. The standard InChI is InChI=1S/C19H21Cl4NO/c1-25-13-16(10-20)24(11-14-5-3-2-4-6-14)12-19(23)17-8-7-15(21)9-18(17)22/h2-9,16,19H,10-13H2,1H3. The minimum Gasteiger partial charge on any atom is -0.383 e. The second-order valence-electron chi connectivity index (χ2n) is 5.81. The highest BCUT2D eigenvalue weighted by Gasteiger charge is 2.23. The van der Waals surface area contributed by atoms with Crippen molar-refractivity contribution in [3.63, 3.8) is 0 Å². The van der Waals surface area contributed by atoms with Gasteiger partial charge in [0.25, 0.3) is 0 Å². The molecule has 0 aliphatic carbocycles. The van der Waals surface area contributed by atoms with Gasteiger partial charge in [0.1, 0.15) is 0 Å². The van der Waals surface area contributed by atoms with Gasteiger partial charge in [0.15, 0.2) is 0 Å². The highest BCUT2D eigenvalue weighted by atomic mass is 35.5. The number of alkyl halides is 2. The summed E-state index contributed by atoms with van der Waals surface area (Å²) in [7, 11) is 1.68. The molecular formula is C19H21Cl4NO. The van der Waals surface area contributed by atoms with Gasteiger partial charge in [-0.1, -0.05) is 59.6 Å². The van der Waals surface area contributed by atoms with Crippen LogP contribution < -0.4 is 0 Å². The zero-order valence-electron chi connectivity index (χ0n) is 14.0. The Morgan fingerprint density at radius 3 is 2.40 bits per heavy atom. The molecule has 0 fully saturated rings. The minimum atomic E-state index is -0.281. The number of hydrogen-bond donors (Lipinski definition) is 0. The summed E-state index contributed by atoms with van der Waals surface area (Å²) < 4.78 is 5.33. The molecule has 0 bridgehead atoms. The maximum absolute atomic E-state index is 6.67. The van der Waals surface area contributed by atoms with Crippen LogP contribution in [-0.2, 0) is 11.3 Å². The van der Waals surface area contributed by atoms with E-state index < -0.39 is 0 Å². The van der Waals surface area contributed by atoms with Crippen molar-refractivity contribution in [2.24, 2.45) is 0 Å². The predicted octanol–water partition coefficient (Wildman–Crippen LogP) is 6.03. The van der Waals surface area contributed by atoms with Crippen molar-refractivity contribution in [2.75, 3.05) is 26.1 Å². The summed E-state index contributed by atoms with van der Waals surface area (Å²) in [5.41, 5.74) is 2.05. The summed E-state index contributed by atoms with van der Waals surface area (Å²) in [6.07, 6.45) is 0. The van der Waals surface area contributed by atoms with Crippen LogP contribution in [-0.4, -0.2) is 37.1 Å². The number of benzene rings is 2. The second kappa shape index (κ2) is 10.6. The number of rotatable bonds is 9. The number of methoxy groups -OCH3 is 1. The van der Waals surface area contributed by atoms with Gasteiger partial charge in [0, 0.05) is 42.2 Å². The Kier molecular flexibility index (Phi) is 8.84. The van der Waals surface area contributed by atoms with E-state index in [2.05, 4.69) is 17.0 Å². The lowest BCUT2D eigenvalue weighted by molar-refractivity contribution is 0.0960. The van der Waals surface area contributed by atoms with E-state index in [4.69, 9.17) is 51.1 Å². The fourth-order valence-corrected chi connectivity index (χ4v) is 3.91. The van der Waals surface area contributed by atoms with Crippen molar-refractivity contribution < 1.29 is 4.74 Å². The molecule has 136 valence electrons. The first-order chi connectivity index (χ1) is 12.0. The van der Waals surface area contributed by atoms with Crippen molar-refractivity contribution in [1.29, 1.82) is 0 Å². The molecular weight excluding hydrogens is 400 g/mol. The third-order valence-corrected chi connectivity index (χ3v) is 5.27. The maximum atomic E-state index is 6.67. The van der Waals surface area contributed by atoms with Crippen molar-refractivity contribution in [3.8, 4) is 0 Å². The van der Waals surface area contributed by atoms with Gasteiger partial charge >= 0.3 is 0 Å². The quantitative estimate of drug-likeness (QED) is 0.459. The molecule has 2 nitrogen and oxygen atoms in total. The van der Waals surface area contributed by atoms with E-state index >= 15 is 0 Å². The van der Waals surface area contributed by atoms with Gasteiger partial charge in [-0.25, -0.2) is 0 Å². The third-order valence-electron chi connectivity index (χ3n) is 3.98. The summed E-state index contributed by atoms with van der Waals surface area (Å²) in [5.74, 6) is 0.457. The molecule has 0 saturated carbocycles. The molecule has 0 heterocycles. The normalized spacial score (nSPS) is 13.8. The van der Waals surface area contributed by atoms with Gasteiger partial charge in [0.05, 0.1) is 12.0 Å². The predicted molar refractivity (Wildman–Crippen MR) is 108 cm³/mol. The van der Waals surface area contributed by atoms with Gasteiger partial charge in [-0.2, -0.15) is 0 Å². The summed E-state index contributed by atoms with van der Waals surface area (Å²) in [6.45, 7) is 1.86. The molecule has 2 aromatic carbocycles. The van der Waals surface area contributed by atoms with Gasteiger partial charge in [-0.15, -0.1) is 23.2 Å². The Balaban J connectivity index is 2.18. The highest BCUT2D eigenvalue weighted by molar-refractivity contribution is 6.35. The van der Waals surface area contributed by atoms with Crippen molar-refractivity contribution in [3.05, 3.63) is 69.7 Å². The lowest BCUT2D eigenvalue weighted by Gasteiger charge is -2.32. The molecule has 2 unspecified atom stereocenters.